The molecule has 1 heterocycles. The molecule has 0 aliphatic heterocycles. The van der Waals surface area contributed by atoms with E-state index in [-0.39, 0.29) is 16.7 Å². The van der Waals surface area contributed by atoms with Crippen LogP contribution in [0.4, 0.5) is 4.39 Å². The van der Waals surface area contributed by atoms with Crippen molar-refractivity contribution >= 4 is 29.2 Å². The zero-order valence-corrected chi connectivity index (χ0v) is 10.7. The normalized spacial score (nSPS) is 10.3. The first-order valence-corrected chi connectivity index (χ1v) is 5.74. The van der Waals surface area contributed by atoms with Crippen LogP contribution in [0, 0.1) is 5.82 Å². The van der Waals surface area contributed by atoms with Crippen LogP contribution in [0.15, 0.2) is 30.5 Å². The maximum atomic E-state index is 13.0. The van der Waals surface area contributed by atoms with Gasteiger partial charge >= 0.3 is 5.97 Å². The molecule has 0 fully saturated rings. The van der Waals surface area contributed by atoms with Gasteiger partial charge in [-0.15, -0.1) is 0 Å². The Bertz CT molecular complexity index is 649. The maximum Gasteiger partial charge on any atom is 0.341 e. The van der Waals surface area contributed by atoms with Gasteiger partial charge in [0, 0.05) is 5.02 Å². The maximum absolute atomic E-state index is 13.0. The average Bonchev–Trinajstić information content (AvgIpc) is 2.34. The highest BCUT2D eigenvalue weighted by Crippen LogP contribution is 2.32. The number of rotatable bonds is 3. The minimum Gasteiger partial charge on any atom is -0.477 e. The van der Waals surface area contributed by atoms with Crippen LogP contribution in [0.1, 0.15) is 10.4 Å². The molecule has 7 heteroatoms. The minimum atomic E-state index is -1.35. The molecule has 0 saturated carbocycles. The predicted molar refractivity (Wildman–Crippen MR) is 67.7 cm³/mol. The van der Waals surface area contributed by atoms with Gasteiger partial charge in [-0.3, -0.25) is 0 Å². The Morgan fingerprint density at radius 3 is 2.68 bits per heavy atom. The van der Waals surface area contributed by atoms with E-state index >= 15 is 0 Å². The van der Waals surface area contributed by atoms with Crippen molar-refractivity contribution in [3.63, 3.8) is 0 Å². The fourth-order valence-corrected chi connectivity index (χ4v) is 1.77. The van der Waals surface area contributed by atoms with Gasteiger partial charge in [-0.2, -0.15) is 0 Å². The van der Waals surface area contributed by atoms with Crippen molar-refractivity contribution in [2.24, 2.45) is 0 Å². The van der Waals surface area contributed by atoms with Crippen LogP contribution in [0.5, 0.6) is 11.6 Å². The molecule has 2 aromatic rings. The molecule has 0 radical (unpaired) electrons. The SMILES string of the molecule is O=C(O)c1cc(F)cnc1Oc1ccc(Cl)cc1Cl. The quantitative estimate of drug-likeness (QED) is 0.930. The Balaban J connectivity index is 2.40. The second-order valence-electron chi connectivity index (χ2n) is 3.49. The van der Waals surface area contributed by atoms with E-state index in [4.69, 9.17) is 33.0 Å². The molecule has 0 bridgehead atoms. The summed E-state index contributed by atoms with van der Waals surface area (Å²) in [4.78, 5) is 14.6. The van der Waals surface area contributed by atoms with E-state index in [1.165, 1.54) is 18.2 Å². The summed E-state index contributed by atoms with van der Waals surface area (Å²) < 4.78 is 18.2. The lowest BCUT2D eigenvalue weighted by molar-refractivity contribution is 0.0692. The van der Waals surface area contributed by atoms with Crippen LogP contribution < -0.4 is 4.74 Å². The van der Waals surface area contributed by atoms with Crippen LogP contribution in [0.2, 0.25) is 10.0 Å². The zero-order chi connectivity index (χ0) is 14.0. The van der Waals surface area contributed by atoms with Crippen molar-refractivity contribution in [2.45, 2.75) is 0 Å². The molecule has 98 valence electrons. The Morgan fingerprint density at radius 2 is 2.05 bits per heavy atom. The van der Waals surface area contributed by atoms with Crippen LogP contribution in [-0.4, -0.2) is 16.1 Å². The number of aromatic carboxylic acids is 1. The third kappa shape index (κ3) is 3.13. The number of halogens is 3. The zero-order valence-electron chi connectivity index (χ0n) is 9.23. The largest absolute Gasteiger partial charge is 0.477 e. The summed E-state index contributed by atoms with van der Waals surface area (Å²) in [6.45, 7) is 0. The lowest BCUT2D eigenvalue weighted by Crippen LogP contribution is -2.03. The summed E-state index contributed by atoms with van der Waals surface area (Å²) in [5.74, 6) is -2.20. The van der Waals surface area contributed by atoms with Crippen molar-refractivity contribution in [3.05, 3.63) is 51.9 Å². The number of carbonyl (C=O) groups is 1. The minimum absolute atomic E-state index is 0.174. The number of hydrogen-bond acceptors (Lipinski definition) is 3. The molecule has 0 amide bonds. The summed E-state index contributed by atoms with van der Waals surface area (Å²) in [6.07, 6.45) is 0.853. The second-order valence-corrected chi connectivity index (χ2v) is 4.33. The Labute approximate surface area is 117 Å². The molecular formula is C12H6Cl2FNO3. The third-order valence-electron chi connectivity index (χ3n) is 2.15. The first kappa shape index (κ1) is 13.6. The number of pyridine rings is 1. The smallest absolute Gasteiger partial charge is 0.341 e. The molecule has 0 aliphatic rings. The van der Waals surface area contributed by atoms with E-state index in [0.717, 1.165) is 12.3 Å². The van der Waals surface area contributed by atoms with Crippen LogP contribution in [0.25, 0.3) is 0 Å². The van der Waals surface area contributed by atoms with Gasteiger partial charge < -0.3 is 9.84 Å². The lowest BCUT2D eigenvalue weighted by Gasteiger charge is -2.09. The average molecular weight is 302 g/mol. The molecule has 1 aromatic heterocycles. The summed E-state index contributed by atoms with van der Waals surface area (Å²) in [5, 5.41) is 9.54. The number of carboxylic acids is 1. The number of carboxylic acid groups (broad SMARTS) is 1. The topological polar surface area (TPSA) is 59.4 Å². The predicted octanol–water partition coefficient (Wildman–Crippen LogP) is 4.02. The van der Waals surface area contributed by atoms with Gasteiger partial charge in [0.25, 0.3) is 0 Å². The van der Waals surface area contributed by atoms with Crippen LogP contribution in [-0.2, 0) is 0 Å². The highest BCUT2D eigenvalue weighted by Gasteiger charge is 2.16. The molecule has 0 saturated heterocycles. The van der Waals surface area contributed by atoms with Crippen molar-refractivity contribution < 1.29 is 19.0 Å². The van der Waals surface area contributed by atoms with Gasteiger partial charge in [-0.1, -0.05) is 23.2 Å². The highest BCUT2D eigenvalue weighted by molar-refractivity contribution is 6.35. The van der Waals surface area contributed by atoms with Gasteiger partial charge in [0.1, 0.15) is 17.1 Å². The lowest BCUT2D eigenvalue weighted by atomic mass is 10.2. The molecule has 2 rings (SSSR count). The van der Waals surface area contributed by atoms with Gasteiger partial charge in [-0.05, 0) is 24.3 Å². The van der Waals surface area contributed by atoms with E-state index in [1.54, 1.807) is 0 Å². The number of benzene rings is 1. The molecule has 1 aromatic carbocycles. The van der Waals surface area contributed by atoms with E-state index < -0.39 is 17.3 Å². The van der Waals surface area contributed by atoms with Crippen LogP contribution >= 0.6 is 23.2 Å². The van der Waals surface area contributed by atoms with E-state index in [9.17, 15) is 9.18 Å². The summed E-state index contributed by atoms with van der Waals surface area (Å²) in [7, 11) is 0. The van der Waals surface area contributed by atoms with Crippen molar-refractivity contribution in [1.82, 2.24) is 4.98 Å². The van der Waals surface area contributed by atoms with Crippen molar-refractivity contribution in [3.8, 4) is 11.6 Å². The summed E-state index contributed by atoms with van der Waals surface area (Å²) in [6, 6.07) is 5.23. The Kier molecular flexibility index (Phi) is 3.87. The van der Waals surface area contributed by atoms with Gasteiger partial charge in [0.15, 0.2) is 0 Å². The molecular weight excluding hydrogens is 296 g/mol. The van der Waals surface area contributed by atoms with Crippen molar-refractivity contribution in [1.29, 1.82) is 0 Å². The van der Waals surface area contributed by atoms with Gasteiger partial charge in [0.05, 0.1) is 11.2 Å². The van der Waals surface area contributed by atoms with E-state index in [1.807, 2.05) is 0 Å². The molecule has 0 atom stereocenters. The van der Waals surface area contributed by atoms with Gasteiger partial charge in [-0.25, -0.2) is 14.2 Å². The number of nitrogens with zero attached hydrogens (tertiary/aromatic N) is 1. The molecule has 1 N–H and O–H groups in total. The number of hydrogen-bond donors (Lipinski definition) is 1. The fourth-order valence-electron chi connectivity index (χ4n) is 1.32. The Morgan fingerprint density at radius 1 is 1.32 bits per heavy atom. The summed E-state index contributed by atoms with van der Waals surface area (Å²) in [5.41, 5.74) is -0.397. The molecule has 19 heavy (non-hydrogen) atoms. The third-order valence-corrected chi connectivity index (χ3v) is 2.68. The fraction of sp³-hybridized carbons (Fsp3) is 0. The standard InChI is InChI=1S/C12H6Cl2FNO3/c13-6-1-2-10(9(14)3-6)19-11-8(12(17)18)4-7(15)5-16-11/h1-5H,(H,17,18). The van der Waals surface area contributed by atoms with Crippen molar-refractivity contribution in [2.75, 3.05) is 0 Å². The number of ether oxygens (including phenoxy) is 1. The second kappa shape index (κ2) is 5.42. The van der Waals surface area contributed by atoms with E-state index in [2.05, 4.69) is 4.98 Å². The summed E-state index contributed by atoms with van der Waals surface area (Å²) >= 11 is 11.6. The molecule has 4 nitrogen and oxygen atoms in total. The monoisotopic (exact) mass is 301 g/mol. The first-order chi connectivity index (χ1) is 8.97. The van der Waals surface area contributed by atoms with Gasteiger partial charge in [0.2, 0.25) is 5.88 Å². The van der Waals surface area contributed by atoms with E-state index in [0.29, 0.717) is 5.02 Å². The molecule has 0 aliphatic carbocycles. The Hall–Kier alpha value is -1.85. The first-order valence-electron chi connectivity index (χ1n) is 4.99. The van der Waals surface area contributed by atoms with Crippen LogP contribution in [0.3, 0.4) is 0 Å². The molecule has 0 unspecified atom stereocenters. The highest BCUT2D eigenvalue weighted by atomic mass is 35.5. The number of aromatic nitrogens is 1. The molecule has 0 spiro atoms.